The molecule has 4 rings (SSSR count). The molecule has 0 heterocycles. The van der Waals surface area contributed by atoms with E-state index < -0.39 is 11.6 Å². The summed E-state index contributed by atoms with van der Waals surface area (Å²) in [5.41, 5.74) is 5.10. The highest BCUT2D eigenvalue weighted by Gasteiger charge is 2.67. The molecule has 4 saturated carbocycles. The summed E-state index contributed by atoms with van der Waals surface area (Å²) in [5, 5.41) is 9.08. The molecule has 4 bridgehead atoms. The number of nitrogens with two attached hydrogens (primary N) is 1. The lowest BCUT2D eigenvalue weighted by Crippen LogP contribution is -2.69. The number of unbranched alkanes of at least 4 members (excludes halogenated alkanes) is 3. The maximum Gasteiger partial charge on any atom is 0.220 e. The summed E-state index contributed by atoms with van der Waals surface area (Å²) >= 11 is 0. The van der Waals surface area contributed by atoms with Crippen LogP contribution in [0.15, 0.2) is 0 Å². The van der Waals surface area contributed by atoms with E-state index in [1.807, 2.05) is 6.92 Å². The van der Waals surface area contributed by atoms with Crippen molar-refractivity contribution in [3.05, 3.63) is 0 Å². The fourth-order valence-electron chi connectivity index (χ4n) is 9.99. The summed E-state index contributed by atoms with van der Waals surface area (Å²) < 4.78 is 0. The Labute approximate surface area is 282 Å². The Morgan fingerprint density at radius 3 is 1.53 bits per heavy atom. The van der Waals surface area contributed by atoms with Gasteiger partial charge in [0.05, 0.1) is 6.04 Å². The third-order valence-corrected chi connectivity index (χ3v) is 11.6. The molecular formula is C37H62N4O6. The number of hydrogen-bond donors (Lipinski definition) is 4. The van der Waals surface area contributed by atoms with E-state index in [1.165, 1.54) is 0 Å². The molecule has 0 aromatic heterocycles. The number of carbonyl (C=O) groups is 6. The minimum Gasteiger partial charge on any atom is -0.359 e. The van der Waals surface area contributed by atoms with Crippen molar-refractivity contribution in [2.75, 3.05) is 14.1 Å². The van der Waals surface area contributed by atoms with E-state index in [9.17, 15) is 28.8 Å². The molecule has 4 aliphatic rings. The van der Waals surface area contributed by atoms with Crippen molar-refractivity contribution in [2.45, 2.75) is 167 Å². The second kappa shape index (κ2) is 17.2. The normalized spacial score (nSPS) is 28.0. The van der Waals surface area contributed by atoms with E-state index in [-0.39, 0.29) is 51.3 Å². The summed E-state index contributed by atoms with van der Waals surface area (Å²) in [6.07, 6.45) is 14.9. The summed E-state index contributed by atoms with van der Waals surface area (Å²) in [6, 6.07) is -0.554. The summed E-state index contributed by atoms with van der Waals surface area (Å²) in [6.45, 7) is 3.69. The zero-order valence-corrected chi connectivity index (χ0v) is 29.7. The highest BCUT2D eigenvalue weighted by atomic mass is 16.2. The Morgan fingerprint density at radius 1 is 0.574 bits per heavy atom. The van der Waals surface area contributed by atoms with Gasteiger partial charge in [-0.25, -0.2) is 0 Å². The van der Waals surface area contributed by atoms with Crippen molar-refractivity contribution in [2.24, 2.45) is 22.0 Å². The van der Waals surface area contributed by atoms with Crippen LogP contribution in [0.1, 0.15) is 155 Å². The molecule has 5 N–H and O–H groups in total. The Hall–Kier alpha value is -2.62. The standard InChI is InChI=1S/C37H62N4O6/c1-5-27(42)15-18-34-21-35(19-16-31(45)39-3)23-36(22-34,20-17-32(46)40-4)26-37(24-34,25-35)41-33(47)12-10-8-7-9-11-28(43)13-14-29(38)30(44)6-2/h29H,5-26,38H2,1-4H3,(H,39,45)(H,40,46)(H,41,47)/t29?,34?,35-,36?,37?/m0/s1. The molecule has 3 amide bonds. The second-order valence-corrected chi connectivity index (χ2v) is 15.5. The van der Waals surface area contributed by atoms with Crippen LogP contribution in [-0.2, 0) is 28.8 Å². The molecule has 4 aliphatic carbocycles. The van der Waals surface area contributed by atoms with Crippen LogP contribution in [0, 0.1) is 16.2 Å². The molecule has 0 aromatic rings. The number of nitrogens with one attached hydrogen (secondary N) is 3. The Balaban J connectivity index is 1.65. The van der Waals surface area contributed by atoms with Gasteiger partial charge in [-0.2, -0.15) is 0 Å². The van der Waals surface area contributed by atoms with Crippen LogP contribution in [0.25, 0.3) is 0 Å². The molecule has 0 saturated heterocycles. The third-order valence-electron chi connectivity index (χ3n) is 11.6. The van der Waals surface area contributed by atoms with Crippen LogP contribution >= 0.6 is 0 Å². The van der Waals surface area contributed by atoms with Gasteiger partial charge in [0.2, 0.25) is 17.7 Å². The Bertz CT molecular complexity index is 1060. The maximum absolute atomic E-state index is 13.6. The predicted octanol–water partition coefficient (Wildman–Crippen LogP) is 4.99. The van der Waals surface area contributed by atoms with Crippen LogP contribution in [0.5, 0.6) is 0 Å². The monoisotopic (exact) mass is 658 g/mol. The van der Waals surface area contributed by atoms with Gasteiger partial charge in [-0.1, -0.05) is 26.7 Å². The quantitative estimate of drug-likeness (QED) is 0.112. The molecule has 10 heteroatoms. The van der Waals surface area contributed by atoms with E-state index in [2.05, 4.69) is 16.0 Å². The molecule has 5 atom stereocenters. The van der Waals surface area contributed by atoms with Crippen LogP contribution in [0.4, 0.5) is 0 Å². The zero-order chi connectivity index (χ0) is 34.7. The lowest BCUT2D eigenvalue weighted by atomic mass is 9.35. The minimum absolute atomic E-state index is 0.00971. The number of Topliss-reactive ketones (excluding diaryl/α,β-unsaturated/α-hetero) is 3. The van der Waals surface area contributed by atoms with Crippen molar-refractivity contribution >= 4 is 35.1 Å². The first-order valence-electron chi connectivity index (χ1n) is 18.3. The van der Waals surface area contributed by atoms with E-state index >= 15 is 0 Å². The average Bonchev–Trinajstić information content (AvgIpc) is 3.04. The highest BCUT2D eigenvalue weighted by molar-refractivity contribution is 5.85. The Kier molecular flexibility index (Phi) is 14.2. The van der Waals surface area contributed by atoms with E-state index in [0.29, 0.717) is 57.8 Å². The molecule has 0 aliphatic heterocycles. The molecule has 10 nitrogen and oxygen atoms in total. The fraction of sp³-hybridized carbons (Fsp3) is 0.838. The minimum atomic E-state index is -0.554. The summed E-state index contributed by atoms with van der Waals surface area (Å²) in [5.74, 6) is 0.462. The molecule has 47 heavy (non-hydrogen) atoms. The largest absolute Gasteiger partial charge is 0.359 e. The van der Waals surface area contributed by atoms with Crippen LogP contribution in [-0.4, -0.2) is 60.7 Å². The first kappa shape index (κ1) is 38.8. The van der Waals surface area contributed by atoms with E-state index in [0.717, 1.165) is 83.5 Å². The second-order valence-electron chi connectivity index (χ2n) is 15.5. The summed E-state index contributed by atoms with van der Waals surface area (Å²) in [7, 11) is 3.33. The number of carbonyl (C=O) groups excluding carboxylic acids is 6. The van der Waals surface area contributed by atoms with Crippen molar-refractivity contribution in [1.82, 2.24) is 16.0 Å². The molecule has 4 fully saturated rings. The van der Waals surface area contributed by atoms with Gasteiger partial charge in [-0.3, -0.25) is 28.8 Å². The molecule has 266 valence electrons. The van der Waals surface area contributed by atoms with Gasteiger partial charge >= 0.3 is 0 Å². The van der Waals surface area contributed by atoms with Crippen LogP contribution < -0.4 is 21.7 Å². The van der Waals surface area contributed by atoms with Gasteiger partial charge in [0.1, 0.15) is 17.3 Å². The lowest BCUT2D eigenvalue weighted by molar-refractivity contribution is -0.190. The molecular weight excluding hydrogens is 596 g/mol. The first-order valence-corrected chi connectivity index (χ1v) is 18.3. The van der Waals surface area contributed by atoms with Crippen molar-refractivity contribution in [3.63, 3.8) is 0 Å². The highest BCUT2D eigenvalue weighted by Crippen LogP contribution is 2.74. The predicted molar refractivity (Wildman–Crippen MR) is 182 cm³/mol. The van der Waals surface area contributed by atoms with Gasteiger partial charge in [0.15, 0.2) is 0 Å². The molecule has 0 aromatic carbocycles. The molecule has 4 unspecified atom stereocenters. The van der Waals surface area contributed by atoms with Gasteiger partial charge in [-0.15, -0.1) is 0 Å². The van der Waals surface area contributed by atoms with Crippen molar-refractivity contribution < 1.29 is 28.8 Å². The van der Waals surface area contributed by atoms with Gasteiger partial charge < -0.3 is 21.7 Å². The fourth-order valence-corrected chi connectivity index (χ4v) is 9.99. The first-order chi connectivity index (χ1) is 22.3. The van der Waals surface area contributed by atoms with Gasteiger partial charge in [-0.05, 0) is 93.3 Å². The van der Waals surface area contributed by atoms with E-state index in [4.69, 9.17) is 5.73 Å². The van der Waals surface area contributed by atoms with Gasteiger partial charge in [0, 0.05) is 71.0 Å². The van der Waals surface area contributed by atoms with Crippen LogP contribution in [0.2, 0.25) is 0 Å². The third kappa shape index (κ3) is 10.9. The maximum atomic E-state index is 13.6. The Morgan fingerprint density at radius 2 is 1.06 bits per heavy atom. The number of ketones is 3. The number of rotatable bonds is 23. The topological polar surface area (TPSA) is 165 Å². The van der Waals surface area contributed by atoms with Crippen molar-refractivity contribution in [1.29, 1.82) is 0 Å². The average molecular weight is 659 g/mol. The van der Waals surface area contributed by atoms with E-state index in [1.54, 1.807) is 21.0 Å². The number of amides is 3. The smallest absolute Gasteiger partial charge is 0.220 e. The zero-order valence-electron chi connectivity index (χ0n) is 29.7. The lowest BCUT2D eigenvalue weighted by Gasteiger charge is -2.71. The molecule has 0 radical (unpaired) electrons. The molecule has 0 spiro atoms. The van der Waals surface area contributed by atoms with Gasteiger partial charge in [0.25, 0.3) is 0 Å². The van der Waals surface area contributed by atoms with Crippen LogP contribution in [0.3, 0.4) is 0 Å². The number of hydrogen-bond acceptors (Lipinski definition) is 7. The SMILES string of the molecule is CCC(=O)CCC12CC3(CCC(=O)NC)CC(NC(=O)CCCCCCC(=O)CCC(N)C(=O)CC)(C1)C[C@@](CCC(=O)NC)(C2)C3. The summed E-state index contributed by atoms with van der Waals surface area (Å²) in [4.78, 5) is 74.9. The van der Waals surface area contributed by atoms with Crippen molar-refractivity contribution in [3.8, 4) is 0 Å².